The SMILES string of the molecule is CC1N(C(=O)[C]2[CH][CH][CH][CH]2)CC23c4c5c6c7c8c9c(c%10c%11c2c2c4c4c%12c5c5c6c6c8c8c%13c9c9c%10c%10c%11c%11c2c2c4c4c%12c%12c5c5c6c8c6c8c%13c9c9c%10c%10c%11c2c2c4c4c%12c5c6c5c8c9c%10c2c45)C713. The van der Waals surface area contributed by atoms with Crippen LogP contribution in [0.15, 0.2) is 0 Å². The molecule has 2 heteroatoms. The molecular formula is C69H10NO. The first-order valence-corrected chi connectivity index (χ1v) is 26.5. The first kappa shape index (κ1) is 26.8. The van der Waals surface area contributed by atoms with Crippen LogP contribution < -0.4 is 0 Å². The molecule has 0 bridgehead atoms. The van der Waals surface area contributed by atoms with E-state index in [0.717, 1.165) is 12.5 Å². The molecule has 2 spiro atoms. The fraction of sp³-hybridized carbons (Fsp3) is 0.0725. The maximum Gasteiger partial charge on any atom is 0.230 e. The molecule has 0 N–H and O–H groups in total. The van der Waals surface area contributed by atoms with Crippen LogP contribution >= 0.6 is 0 Å². The summed E-state index contributed by atoms with van der Waals surface area (Å²) in [6, 6.07) is -0.0550. The average Bonchev–Trinajstić information content (AvgIpc) is 4.39. The van der Waals surface area contributed by atoms with E-state index in [2.05, 4.69) is 37.5 Å². The van der Waals surface area contributed by atoms with Crippen LogP contribution in [0.1, 0.15) is 29.2 Å². The van der Waals surface area contributed by atoms with Crippen molar-refractivity contribution in [2.24, 2.45) is 0 Å². The number of amides is 1. The molecule has 1 amide bonds. The molecule has 1 aliphatic heterocycles. The number of hydrogen-bond donors (Lipinski definition) is 0. The molecule has 2 fully saturated rings. The molecule has 1 saturated carbocycles. The van der Waals surface area contributed by atoms with E-state index >= 15 is 4.79 Å². The van der Waals surface area contributed by atoms with Crippen molar-refractivity contribution in [3.8, 4) is 0 Å². The Morgan fingerprint density at radius 3 is 0.704 bits per heavy atom. The maximum absolute atomic E-state index is 15.9. The summed E-state index contributed by atoms with van der Waals surface area (Å²) in [4.78, 5) is 18.4. The van der Waals surface area contributed by atoms with Gasteiger partial charge in [0.1, 0.15) is 0 Å². The van der Waals surface area contributed by atoms with Crippen LogP contribution in [0.25, 0.3) is 291 Å². The lowest BCUT2D eigenvalue weighted by Crippen LogP contribution is -2.54. The fourth-order valence-electron chi connectivity index (χ4n) is 26.1. The Bertz CT molecular complexity index is 7080. The van der Waals surface area contributed by atoms with Crippen LogP contribution in [-0.4, -0.2) is 23.4 Å². The van der Waals surface area contributed by atoms with E-state index in [0.29, 0.717) is 0 Å². The third-order valence-electron chi connectivity index (χ3n) is 26.2. The number of carbonyl (C=O) groups is 1. The van der Waals surface area contributed by atoms with Crippen LogP contribution in [-0.2, 0) is 15.6 Å². The molecule has 1 heterocycles. The number of hydrogen-bond acceptors (Lipinski definition) is 1. The molecule has 2 nitrogen and oxygen atoms in total. The van der Waals surface area contributed by atoms with Crippen molar-refractivity contribution in [3.05, 3.63) is 53.9 Å². The number of likely N-dealkylation sites (tertiary alicyclic amines) is 1. The third kappa shape index (κ3) is 1.43. The standard InChI is InChI=1S/C69H10NO/c1-7-69-65-59-53-43-31-23-15-11-9-10-13-17(15)25(31)35-29-21(13)22-14(10)18-16-12(9)20-19(11)27-33(23)41-47-37(27)38-28(20)34-24(16)32-26(18)36-30(22)40-39(29)51(45(35)53)61(65)62-52(40)46(36)54-44(32)50-42(34)48(38)56-55(47)63(57(59)49(41)43)68(69,64(56)58(50)60(54)66(62)69)6-70(7)67(71)8-4-2-3-5-8/h2-5,7H,6H2,1H3. The largest absolute Gasteiger partial charge is 0.337 e. The highest BCUT2D eigenvalue weighted by molar-refractivity contribution is 6.82. The first-order chi connectivity index (χ1) is 35.3. The summed E-state index contributed by atoms with van der Waals surface area (Å²) in [6.45, 7) is 3.29. The highest BCUT2D eigenvalue weighted by atomic mass is 16.2. The van der Waals surface area contributed by atoms with Gasteiger partial charge in [0.2, 0.25) is 5.91 Å². The van der Waals surface area contributed by atoms with Gasteiger partial charge in [-0.25, -0.2) is 0 Å². The lowest BCUT2D eigenvalue weighted by molar-refractivity contribution is -0.129. The van der Waals surface area contributed by atoms with Gasteiger partial charge in [-0.05, 0) is 346 Å². The molecule has 1 saturated heterocycles. The summed E-state index contributed by atoms with van der Waals surface area (Å²) < 4.78 is 0. The molecule has 297 valence electrons. The molecule has 34 rings (SSSR count). The van der Waals surface area contributed by atoms with Crippen molar-refractivity contribution < 1.29 is 4.79 Å². The Kier molecular flexibility index (Phi) is 2.28. The van der Waals surface area contributed by atoms with Gasteiger partial charge >= 0.3 is 0 Å². The zero-order valence-corrected chi connectivity index (χ0v) is 36.4. The highest BCUT2D eigenvalue weighted by Gasteiger charge is 2.76. The van der Waals surface area contributed by atoms with Gasteiger partial charge < -0.3 is 4.90 Å². The van der Waals surface area contributed by atoms with Gasteiger partial charge in [-0.2, -0.15) is 0 Å². The van der Waals surface area contributed by atoms with Crippen molar-refractivity contribution in [2.45, 2.75) is 23.8 Å². The van der Waals surface area contributed by atoms with Gasteiger partial charge in [-0.3, -0.25) is 4.79 Å². The van der Waals surface area contributed by atoms with Crippen molar-refractivity contribution in [2.75, 3.05) is 6.54 Å². The number of benzene rings is 18. The number of nitrogens with zero attached hydrogens (tertiary/aromatic N) is 1. The van der Waals surface area contributed by atoms with E-state index in [1.807, 2.05) is 0 Å². The smallest absolute Gasteiger partial charge is 0.230 e. The summed E-state index contributed by atoms with van der Waals surface area (Å²) >= 11 is 0. The maximum atomic E-state index is 15.9. The Hall–Kier alpha value is -8.07. The summed E-state index contributed by atoms with van der Waals surface area (Å²) in [7, 11) is 0. The van der Waals surface area contributed by atoms with Crippen molar-refractivity contribution >= 4 is 297 Å². The van der Waals surface area contributed by atoms with Crippen LogP contribution in [0.2, 0.25) is 0 Å². The second-order valence-corrected chi connectivity index (χ2v) is 26.2. The zero-order chi connectivity index (χ0) is 42.3. The van der Waals surface area contributed by atoms with Crippen LogP contribution in [0.4, 0.5) is 0 Å². The molecule has 28 aromatic carbocycles. The molecule has 28 aromatic rings. The minimum atomic E-state index is -0.444. The van der Waals surface area contributed by atoms with Crippen LogP contribution in [0.5, 0.6) is 0 Å². The minimum Gasteiger partial charge on any atom is -0.337 e. The van der Waals surface area contributed by atoms with E-state index in [4.69, 9.17) is 0 Å². The molecule has 5 radical (unpaired) electrons. The van der Waals surface area contributed by atoms with Gasteiger partial charge in [0, 0.05) is 12.6 Å². The summed E-state index contributed by atoms with van der Waals surface area (Å²) in [5.41, 5.74) is 5.73. The second-order valence-electron chi connectivity index (χ2n) is 26.2. The predicted octanol–water partition coefficient (Wildman–Crippen LogP) is 16.9. The number of rotatable bonds is 1. The van der Waals surface area contributed by atoms with Gasteiger partial charge in [0.15, 0.2) is 0 Å². The molecule has 71 heavy (non-hydrogen) atoms. The lowest BCUT2D eigenvalue weighted by atomic mass is 9.48. The zero-order valence-electron chi connectivity index (χ0n) is 36.4. The average molecular weight is 869 g/mol. The molecule has 1 atom stereocenters. The van der Waals surface area contributed by atoms with Gasteiger partial charge in [0.05, 0.1) is 16.7 Å². The minimum absolute atomic E-state index is 0.0550. The van der Waals surface area contributed by atoms with Crippen molar-refractivity contribution in [3.63, 3.8) is 0 Å². The third-order valence-corrected chi connectivity index (χ3v) is 26.2. The van der Waals surface area contributed by atoms with Gasteiger partial charge in [-0.15, -0.1) is 0 Å². The predicted molar refractivity (Wildman–Crippen MR) is 295 cm³/mol. The van der Waals surface area contributed by atoms with Gasteiger partial charge in [0.25, 0.3) is 0 Å². The Morgan fingerprint density at radius 2 is 0.493 bits per heavy atom. The van der Waals surface area contributed by atoms with E-state index in [1.54, 1.807) is 313 Å². The Morgan fingerprint density at radius 1 is 0.310 bits per heavy atom. The normalized spacial score (nSPS) is 24.9. The lowest BCUT2D eigenvalue weighted by Gasteiger charge is -2.51. The van der Waals surface area contributed by atoms with Crippen LogP contribution in [0, 0.1) is 31.6 Å². The van der Waals surface area contributed by atoms with E-state index < -0.39 is 10.8 Å². The molecule has 5 aliphatic carbocycles. The molecule has 1 unspecified atom stereocenters. The van der Waals surface area contributed by atoms with Crippen LogP contribution in [0.3, 0.4) is 0 Å². The Labute approximate surface area is 388 Å². The quantitative estimate of drug-likeness (QED) is 0.151. The monoisotopic (exact) mass is 868 g/mol. The first-order valence-electron chi connectivity index (χ1n) is 26.5. The summed E-state index contributed by atoms with van der Waals surface area (Å²) in [5, 5.41) is 87.6. The van der Waals surface area contributed by atoms with Crippen molar-refractivity contribution in [1.82, 2.24) is 4.90 Å². The molecule has 6 aliphatic rings. The van der Waals surface area contributed by atoms with Gasteiger partial charge in [-0.1, -0.05) is 0 Å². The summed E-state index contributed by atoms with van der Waals surface area (Å²) in [6.07, 6.45) is 8.36. The fourth-order valence-corrected chi connectivity index (χ4v) is 26.1. The van der Waals surface area contributed by atoms with E-state index in [9.17, 15) is 0 Å². The summed E-state index contributed by atoms with van der Waals surface area (Å²) in [5.74, 6) is 1.07. The molecular weight excluding hydrogens is 859 g/mol. The van der Waals surface area contributed by atoms with E-state index in [-0.39, 0.29) is 11.9 Å². The molecule has 0 aromatic heterocycles. The second kappa shape index (κ2) is 6.05. The number of carbonyl (C=O) groups excluding carboxylic acids is 1. The van der Waals surface area contributed by atoms with Crippen molar-refractivity contribution in [1.29, 1.82) is 0 Å². The highest BCUT2D eigenvalue weighted by Crippen LogP contribution is 2.86. The Balaban J connectivity index is 1.14. The van der Waals surface area contributed by atoms with E-state index in [1.165, 1.54) is 0 Å². The topological polar surface area (TPSA) is 20.3 Å².